The predicted molar refractivity (Wildman–Crippen MR) is 113 cm³/mol. The SMILES string of the molecule is Cc1ccc(CNC(=O)C2CCN(C(=O)c3cc(CC(C)C)nn3C)CC2)cc1. The Kier molecular flexibility index (Phi) is 6.72. The fourth-order valence-electron chi connectivity index (χ4n) is 3.79. The normalized spacial score (nSPS) is 15.0. The molecule has 1 aliphatic heterocycles. The van der Waals surface area contributed by atoms with Gasteiger partial charge in [-0.2, -0.15) is 5.10 Å². The Bertz CT molecular complexity index is 846. The zero-order chi connectivity index (χ0) is 21.0. The zero-order valence-corrected chi connectivity index (χ0v) is 17.9. The molecule has 1 aliphatic rings. The molecular weight excluding hydrogens is 364 g/mol. The maximum atomic E-state index is 12.9. The Morgan fingerprint density at radius 2 is 1.83 bits per heavy atom. The molecule has 6 heteroatoms. The number of piperidine rings is 1. The molecule has 0 bridgehead atoms. The Hall–Kier alpha value is -2.63. The van der Waals surface area contributed by atoms with Crippen LogP contribution < -0.4 is 5.32 Å². The van der Waals surface area contributed by atoms with Crippen LogP contribution in [-0.4, -0.2) is 39.6 Å². The van der Waals surface area contributed by atoms with E-state index >= 15 is 0 Å². The molecule has 0 spiro atoms. The second-order valence-corrected chi connectivity index (χ2v) is 8.51. The van der Waals surface area contributed by atoms with Gasteiger partial charge in [-0.1, -0.05) is 43.7 Å². The van der Waals surface area contributed by atoms with Crippen LogP contribution in [0.1, 0.15) is 54.0 Å². The van der Waals surface area contributed by atoms with Crippen molar-refractivity contribution in [2.24, 2.45) is 18.9 Å². The van der Waals surface area contributed by atoms with Crippen LogP contribution in [0.25, 0.3) is 0 Å². The average Bonchev–Trinajstić information content (AvgIpc) is 3.06. The summed E-state index contributed by atoms with van der Waals surface area (Å²) < 4.78 is 1.68. The van der Waals surface area contributed by atoms with Gasteiger partial charge in [0.15, 0.2) is 0 Å². The summed E-state index contributed by atoms with van der Waals surface area (Å²) in [4.78, 5) is 27.3. The Labute approximate surface area is 173 Å². The van der Waals surface area contributed by atoms with Crippen LogP contribution in [0.15, 0.2) is 30.3 Å². The number of carbonyl (C=O) groups excluding carboxylic acids is 2. The van der Waals surface area contributed by atoms with Gasteiger partial charge in [-0.15, -0.1) is 0 Å². The fraction of sp³-hybridized carbons (Fsp3) is 0.522. The van der Waals surface area contributed by atoms with Crippen molar-refractivity contribution in [1.82, 2.24) is 20.0 Å². The molecule has 0 radical (unpaired) electrons. The van der Waals surface area contributed by atoms with Crippen molar-refractivity contribution < 1.29 is 9.59 Å². The van der Waals surface area contributed by atoms with E-state index in [9.17, 15) is 9.59 Å². The fourth-order valence-corrected chi connectivity index (χ4v) is 3.79. The minimum absolute atomic E-state index is 0.00789. The number of aryl methyl sites for hydroxylation is 2. The molecule has 2 amide bonds. The number of nitrogens with zero attached hydrogens (tertiary/aromatic N) is 3. The molecule has 1 aromatic heterocycles. The summed E-state index contributed by atoms with van der Waals surface area (Å²) in [7, 11) is 1.82. The van der Waals surface area contributed by atoms with E-state index in [0.717, 1.165) is 17.7 Å². The van der Waals surface area contributed by atoms with Crippen molar-refractivity contribution in [3.05, 3.63) is 52.8 Å². The number of hydrogen-bond acceptors (Lipinski definition) is 3. The molecule has 3 rings (SSSR count). The van der Waals surface area contributed by atoms with Crippen LogP contribution in [0.3, 0.4) is 0 Å². The lowest BCUT2D eigenvalue weighted by atomic mass is 9.95. The lowest BCUT2D eigenvalue weighted by molar-refractivity contribution is -0.126. The summed E-state index contributed by atoms with van der Waals surface area (Å²) in [5.41, 5.74) is 3.89. The quantitative estimate of drug-likeness (QED) is 0.816. The van der Waals surface area contributed by atoms with Crippen LogP contribution in [0, 0.1) is 18.8 Å². The third kappa shape index (κ3) is 5.46. The number of hydrogen-bond donors (Lipinski definition) is 1. The van der Waals surface area contributed by atoms with Gasteiger partial charge in [-0.25, -0.2) is 0 Å². The molecule has 6 nitrogen and oxygen atoms in total. The van der Waals surface area contributed by atoms with E-state index < -0.39 is 0 Å². The average molecular weight is 397 g/mol. The van der Waals surface area contributed by atoms with Gasteiger partial charge < -0.3 is 10.2 Å². The second-order valence-electron chi connectivity index (χ2n) is 8.51. The van der Waals surface area contributed by atoms with Crippen molar-refractivity contribution in [2.45, 2.75) is 46.6 Å². The molecule has 1 saturated heterocycles. The molecule has 2 heterocycles. The first-order chi connectivity index (χ1) is 13.8. The van der Waals surface area contributed by atoms with Gasteiger partial charge in [0.1, 0.15) is 5.69 Å². The van der Waals surface area contributed by atoms with E-state index in [2.05, 4.69) is 36.4 Å². The molecule has 1 fully saturated rings. The molecule has 1 aromatic carbocycles. The van der Waals surface area contributed by atoms with E-state index in [1.165, 1.54) is 5.56 Å². The maximum absolute atomic E-state index is 12.9. The highest BCUT2D eigenvalue weighted by atomic mass is 16.2. The van der Waals surface area contributed by atoms with E-state index in [4.69, 9.17) is 0 Å². The zero-order valence-electron chi connectivity index (χ0n) is 17.9. The van der Waals surface area contributed by atoms with Gasteiger partial charge in [0, 0.05) is 32.6 Å². The van der Waals surface area contributed by atoms with Crippen molar-refractivity contribution in [2.75, 3.05) is 13.1 Å². The smallest absolute Gasteiger partial charge is 0.272 e. The standard InChI is InChI=1S/C23H32N4O2/c1-16(2)13-20-14-21(26(4)25-20)23(29)27-11-9-19(10-12-27)22(28)24-15-18-7-5-17(3)6-8-18/h5-8,14,16,19H,9-13,15H2,1-4H3,(H,24,28). The van der Waals surface area contributed by atoms with Crippen molar-refractivity contribution in [1.29, 1.82) is 0 Å². The number of rotatable bonds is 6. The van der Waals surface area contributed by atoms with E-state index in [-0.39, 0.29) is 17.7 Å². The molecule has 2 aromatic rings. The highest BCUT2D eigenvalue weighted by Crippen LogP contribution is 2.20. The Balaban J connectivity index is 1.50. The number of benzene rings is 1. The van der Waals surface area contributed by atoms with Crippen LogP contribution >= 0.6 is 0 Å². The van der Waals surface area contributed by atoms with Crippen LogP contribution in [0.2, 0.25) is 0 Å². The molecular formula is C23H32N4O2. The first-order valence-electron chi connectivity index (χ1n) is 10.5. The third-order valence-electron chi connectivity index (χ3n) is 5.51. The largest absolute Gasteiger partial charge is 0.352 e. The van der Waals surface area contributed by atoms with Gasteiger partial charge in [-0.3, -0.25) is 14.3 Å². The topological polar surface area (TPSA) is 67.2 Å². The monoisotopic (exact) mass is 396 g/mol. The number of amides is 2. The number of likely N-dealkylation sites (tertiary alicyclic amines) is 1. The molecule has 0 unspecified atom stereocenters. The second kappa shape index (κ2) is 9.25. The summed E-state index contributed by atoms with van der Waals surface area (Å²) in [6.07, 6.45) is 2.26. The number of nitrogens with one attached hydrogen (secondary N) is 1. The van der Waals surface area contributed by atoms with Crippen LogP contribution in [0.4, 0.5) is 0 Å². The summed E-state index contributed by atoms with van der Waals surface area (Å²) in [6, 6.07) is 10.1. The van der Waals surface area contributed by atoms with Gasteiger partial charge in [0.25, 0.3) is 5.91 Å². The first-order valence-corrected chi connectivity index (χ1v) is 10.5. The van der Waals surface area contributed by atoms with E-state index in [0.29, 0.717) is 44.1 Å². The maximum Gasteiger partial charge on any atom is 0.272 e. The van der Waals surface area contributed by atoms with Gasteiger partial charge in [-0.05, 0) is 43.7 Å². The van der Waals surface area contributed by atoms with Crippen molar-refractivity contribution in [3.63, 3.8) is 0 Å². The Morgan fingerprint density at radius 1 is 1.17 bits per heavy atom. The summed E-state index contributed by atoms with van der Waals surface area (Å²) in [6.45, 7) is 8.09. The minimum Gasteiger partial charge on any atom is -0.352 e. The molecule has 0 atom stereocenters. The van der Waals surface area contributed by atoms with Gasteiger partial charge in [0.05, 0.1) is 5.69 Å². The molecule has 0 saturated carbocycles. The van der Waals surface area contributed by atoms with Gasteiger partial charge in [0.2, 0.25) is 5.91 Å². The van der Waals surface area contributed by atoms with Crippen molar-refractivity contribution >= 4 is 11.8 Å². The van der Waals surface area contributed by atoms with E-state index in [1.807, 2.05) is 37.1 Å². The summed E-state index contributed by atoms with van der Waals surface area (Å²) in [5.74, 6) is 0.556. The van der Waals surface area contributed by atoms with Crippen LogP contribution in [0.5, 0.6) is 0 Å². The third-order valence-corrected chi connectivity index (χ3v) is 5.51. The van der Waals surface area contributed by atoms with Crippen molar-refractivity contribution in [3.8, 4) is 0 Å². The lowest BCUT2D eigenvalue weighted by Gasteiger charge is -2.31. The highest BCUT2D eigenvalue weighted by Gasteiger charge is 2.29. The summed E-state index contributed by atoms with van der Waals surface area (Å²) in [5, 5.41) is 7.51. The summed E-state index contributed by atoms with van der Waals surface area (Å²) >= 11 is 0. The Morgan fingerprint density at radius 3 is 2.45 bits per heavy atom. The molecule has 0 aliphatic carbocycles. The number of aromatic nitrogens is 2. The molecule has 29 heavy (non-hydrogen) atoms. The number of carbonyl (C=O) groups is 2. The highest BCUT2D eigenvalue weighted by molar-refractivity contribution is 5.93. The van der Waals surface area contributed by atoms with Crippen LogP contribution in [-0.2, 0) is 24.8 Å². The van der Waals surface area contributed by atoms with E-state index in [1.54, 1.807) is 4.68 Å². The predicted octanol–water partition coefficient (Wildman–Crippen LogP) is 3.10. The minimum atomic E-state index is -0.0347. The molecule has 156 valence electrons. The van der Waals surface area contributed by atoms with Gasteiger partial charge >= 0.3 is 0 Å². The molecule has 1 N–H and O–H groups in total. The first kappa shape index (κ1) is 21.1. The lowest BCUT2D eigenvalue weighted by Crippen LogP contribution is -2.43.